The lowest BCUT2D eigenvalue weighted by molar-refractivity contribution is 0.468. The summed E-state index contributed by atoms with van der Waals surface area (Å²) in [6.45, 7) is 0. The van der Waals surface area contributed by atoms with Crippen LogP contribution in [0.2, 0.25) is 0 Å². The van der Waals surface area contributed by atoms with Crippen molar-refractivity contribution in [1.29, 1.82) is 0 Å². The van der Waals surface area contributed by atoms with Crippen LogP contribution >= 0.6 is 0 Å². The van der Waals surface area contributed by atoms with Gasteiger partial charge < -0.3 is 10.1 Å². The van der Waals surface area contributed by atoms with Crippen LogP contribution in [0.25, 0.3) is 16.9 Å². The fourth-order valence-corrected chi connectivity index (χ4v) is 1.39. The molecule has 3 aromatic rings. The molecule has 0 saturated heterocycles. The number of hydrogen-bond acceptors (Lipinski definition) is 5. The summed E-state index contributed by atoms with van der Waals surface area (Å²) in [6, 6.07) is 0. The largest absolute Gasteiger partial charge is 0.505 e. The van der Waals surface area contributed by atoms with Gasteiger partial charge >= 0.3 is 0 Å². The monoisotopic (exact) mass is 203 g/mol. The molecule has 0 bridgehead atoms. The van der Waals surface area contributed by atoms with Gasteiger partial charge in [0, 0.05) is 0 Å². The third-order valence-corrected chi connectivity index (χ3v) is 2.05. The Balaban J connectivity index is 2.64. The topological polar surface area (TPSA) is 96.2 Å². The van der Waals surface area contributed by atoms with Crippen molar-refractivity contribution in [2.45, 2.75) is 0 Å². The van der Waals surface area contributed by atoms with Crippen LogP contribution in [0.4, 0.5) is 0 Å². The zero-order chi connectivity index (χ0) is 10.4. The Morgan fingerprint density at radius 3 is 3.13 bits per heavy atom. The van der Waals surface area contributed by atoms with Crippen molar-refractivity contribution in [1.82, 2.24) is 24.3 Å². The molecular weight excluding hydrogens is 198 g/mol. The second-order valence-electron chi connectivity index (χ2n) is 3.00. The average Bonchev–Trinajstić information content (AvgIpc) is 2.68. The summed E-state index contributed by atoms with van der Waals surface area (Å²) in [6.07, 6.45) is 3.87. The van der Waals surface area contributed by atoms with E-state index in [1.54, 1.807) is 0 Å². The summed E-state index contributed by atoms with van der Waals surface area (Å²) in [4.78, 5) is 26.2. The van der Waals surface area contributed by atoms with Crippen molar-refractivity contribution in [3.63, 3.8) is 0 Å². The predicted octanol–water partition coefficient (Wildman–Crippen LogP) is -0.329. The molecule has 0 fully saturated rings. The normalized spacial score (nSPS) is 11.2. The van der Waals surface area contributed by atoms with E-state index in [9.17, 15) is 9.90 Å². The lowest BCUT2D eigenvalue weighted by Crippen LogP contribution is -2.15. The van der Waals surface area contributed by atoms with E-state index in [-0.39, 0.29) is 17.1 Å². The van der Waals surface area contributed by atoms with Crippen LogP contribution in [0.15, 0.2) is 23.5 Å². The zero-order valence-electron chi connectivity index (χ0n) is 7.38. The molecule has 7 nitrogen and oxygen atoms in total. The molecule has 0 radical (unpaired) electrons. The lowest BCUT2D eigenvalue weighted by atomic mass is 10.5. The molecular formula is C8H5N5O2. The maximum absolute atomic E-state index is 11.8. The molecule has 0 saturated carbocycles. The summed E-state index contributed by atoms with van der Waals surface area (Å²) in [7, 11) is 0. The van der Waals surface area contributed by atoms with Gasteiger partial charge in [-0.1, -0.05) is 0 Å². The van der Waals surface area contributed by atoms with Crippen LogP contribution in [0.1, 0.15) is 0 Å². The third kappa shape index (κ3) is 0.997. The van der Waals surface area contributed by atoms with Gasteiger partial charge in [-0.25, -0.2) is 14.4 Å². The van der Waals surface area contributed by atoms with Crippen LogP contribution in [0.3, 0.4) is 0 Å². The van der Waals surface area contributed by atoms with E-state index in [0.717, 1.165) is 4.40 Å². The van der Waals surface area contributed by atoms with Crippen molar-refractivity contribution < 1.29 is 5.11 Å². The number of aromatic amines is 1. The Morgan fingerprint density at radius 2 is 2.27 bits per heavy atom. The van der Waals surface area contributed by atoms with Crippen LogP contribution in [-0.2, 0) is 0 Å². The summed E-state index contributed by atoms with van der Waals surface area (Å²) < 4.78 is 1.16. The van der Waals surface area contributed by atoms with Gasteiger partial charge in [0.25, 0.3) is 5.56 Å². The third-order valence-electron chi connectivity index (χ3n) is 2.05. The first-order valence-corrected chi connectivity index (χ1v) is 4.16. The van der Waals surface area contributed by atoms with Gasteiger partial charge in [0.2, 0.25) is 5.78 Å². The highest BCUT2D eigenvalue weighted by molar-refractivity contribution is 5.70. The van der Waals surface area contributed by atoms with Gasteiger partial charge in [-0.2, -0.15) is 4.98 Å². The minimum Gasteiger partial charge on any atom is -0.505 e. The maximum atomic E-state index is 11.8. The Hall–Kier alpha value is -2.44. The average molecular weight is 203 g/mol. The van der Waals surface area contributed by atoms with Crippen LogP contribution in [0, 0.1) is 0 Å². The molecule has 0 spiro atoms. The highest BCUT2D eigenvalue weighted by atomic mass is 16.3. The van der Waals surface area contributed by atoms with Crippen molar-refractivity contribution in [2.75, 3.05) is 0 Å². The van der Waals surface area contributed by atoms with Crippen molar-refractivity contribution in [3.05, 3.63) is 29.1 Å². The molecule has 2 N–H and O–H groups in total. The zero-order valence-corrected chi connectivity index (χ0v) is 7.38. The Bertz CT molecular complexity index is 714. The second-order valence-corrected chi connectivity index (χ2v) is 3.00. The van der Waals surface area contributed by atoms with Gasteiger partial charge in [0.15, 0.2) is 16.9 Å². The molecule has 15 heavy (non-hydrogen) atoms. The van der Waals surface area contributed by atoms with Crippen molar-refractivity contribution in [2.24, 2.45) is 0 Å². The first-order valence-electron chi connectivity index (χ1n) is 4.16. The van der Waals surface area contributed by atoms with E-state index in [2.05, 4.69) is 19.9 Å². The number of imidazole rings is 1. The molecule has 74 valence electrons. The molecule has 3 heterocycles. The van der Waals surface area contributed by atoms with Gasteiger partial charge in [-0.3, -0.25) is 4.79 Å². The lowest BCUT2D eigenvalue weighted by Gasteiger charge is -1.98. The van der Waals surface area contributed by atoms with Gasteiger partial charge in [0.05, 0.1) is 18.7 Å². The maximum Gasteiger partial charge on any atom is 0.285 e. The van der Waals surface area contributed by atoms with Crippen molar-refractivity contribution in [3.8, 4) is 5.75 Å². The minimum absolute atomic E-state index is 0.0923. The molecule has 7 heteroatoms. The molecule has 0 aliphatic carbocycles. The minimum atomic E-state index is -0.337. The SMILES string of the molecule is O=c1c2[nH]cnc2nc2ncc(O)cn12. The first-order chi connectivity index (χ1) is 7.25. The molecule has 0 atom stereocenters. The van der Waals surface area contributed by atoms with E-state index >= 15 is 0 Å². The number of fused-ring (bicyclic) bond motifs is 2. The summed E-state index contributed by atoms with van der Waals surface area (Å²) in [5.74, 6) is 0.114. The number of aromatic hydroxyl groups is 1. The fraction of sp³-hybridized carbons (Fsp3) is 0. The Morgan fingerprint density at radius 1 is 1.40 bits per heavy atom. The summed E-state index contributed by atoms with van der Waals surface area (Å²) in [5, 5.41) is 9.20. The molecule has 3 rings (SSSR count). The fourth-order valence-electron chi connectivity index (χ4n) is 1.39. The highest BCUT2D eigenvalue weighted by Gasteiger charge is 2.07. The standard InChI is InChI=1S/C8H5N5O2/c14-4-1-9-8-12-6-5(10-3-11-6)7(15)13(8)2-4/h1-3,14H,(H,10,11). The molecule has 0 unspecified atom stereocenters. The Kier molecular flexibility index (Phi) is 1.34. The van der Waals surface area contributed by atoms with Gasteiger partial charge in [-0.15, -0.1) is 0 Å². The van der Waals surface area contributed by atoms with E-state index in [1.165, 1.54) is 18.7 Å². The molecule has 0 aromatic carbocycles. The number of nitrogens with one attached hydrogen (secondary N) is 1. The van der Waals surface area contributed by atoms with Crippen LogP contribution in [0.5, 0.6) is 5.75 Å². The number of rotatable bonds is 0. The highest BCUT2D eigenvalue weighted by Crippen LogP contribution is 2.07. The van der Waals surface area contributed by atoms with E-state index in [1.807, 2.05) is 0 Å². The smallest absolute Gasteiger partial charge is 0.285 e. The molecule has 0 aliphatic heterocycles. The molecule has 0 amide bonds. The number of aromatic nitrogens is 5. The van der Waals surface area contributed by atoms with Gasteiger partial charge in [0.1, 0.15) is 0 Å². The predicted molar refractivity (Wildman–Crippen MR) is 50.6 cm³/mol. The Labute approximate surface area is 82.1 Å². The molecule has 0 aliphatic rings. The number of H-pyrrole nitrogens is 1. The quantitative estimate of drug-likeness (QED) is 0.521. The first kappa shape index (κ1) is 7.92. The van der Waals surface area contributed by atoms with Crippen LogP contribution < -0.4 is 5.56 Å². The molecule has 3 aromatic heterocycles. The van der Waals surface area contributed by atoms with Crippen LogP contribution in [-0.4, -0.2) is 29.4 Å². The summed E-state index contributed by atoms with van der Waals surface area (Å²) in [5.41, 5.74) is 0.272. The number of nitrogens with zero attached hydrogens (tertiary/aromatic N) is 4. The second kappa shape index (κ2) is 2.53. The van der Waals surface area contributed by atoms with E-state index < -0.39 is 0 Å². The van der Waals surface area contributed by atoms with E-state index in [4.69, 9.17) is 0 Å². The van der Waals surface area contributed by atoms with Crippen molar-refractivity contribution >= 4 is 16.9 Å². The summed E-state index contributed by atoms with van der Waals surface area (Å²) >= 11 is 0. The van der Waals surface area contributed by atoms with Gasteiger partial charge in [-0.05, 0) is 0 Å². The van der Waals surface area contributed by atoms with E-state index in [0.29, 0.717) is 11.2 Å². The number of hydrogen-bond donors (Lipinski definition) is 2.